The van der Waals surface area contributed by atoms with Gasteiger partial charge in [-0.25, -0.2) is 0 Å². The van der Waals surface area contributed by atoms with Gasteiger partial charge in [-0.15, -0.1) is 11.8 Å². The first-order chi connectivity index (χ1) is 7.63. The minimum atomic E-state index is -0.414. The van der Waals surface area contributed by atoms with E-state index in [0.29, 0.717) is 19.0 Å². The summed E-state index contributed by atoms with van der Waals surface area (Å²) in [6.07, 6.45) is -0.414. The highest BCUT2D eigenvalue weighted by Crippen LogP contribution is 2.22. The third-order valence-electron chi connectivity index (χ3n) is 2.20. The smallest absolute Gasteiger partial charge is 0.0867 e. The lowest BCUT2D eigenvalue weighted by atomic mass is 10.2. The van der Waals surface area contributed by atoms with Gasteiger partial charge in [0.25, 0.3) is 0 Å². The summed E-state index contributed by atoms with van der Waals surface area (Å²) in [5.41, 5.74) is 7.61. The zero-order chi connectivity index (χ0) is 12.0. The molecule has 0 aliphatic rings. The van der Waals surface area contributed by atoms with Crippen LogP contribution in [-0.4, -0.2) is 30.2 Å². The van der Waals surface area contributed by atoms with Crippen molar-refractivity contribution in [1.29, 1.82) is 0 Å². The van der Waals surface area contributed by atoms with Crippen LogP contribution in [0.1, 0.15) is 12.5 Å². The van der Waals surface area contributed by atoms with Gasteiger partial charge in [-0.2, -0.15) is 0 Å². The van der Waals surface area contributed by atoms with Gasteiger partial charge in [0.2, 0.25) is 0 Å². The third-order valence-corrected chi connectivity index (χ3v) is 3.34. The number of benzene rings is 1. The summed E-state index contributed by atoms with van der Waals surface area (Å²) in [4.78, 5) is 1.13. The van der Waals surface area contributed by atoms with Crippen molar-refractivity contribution in [3.63, 3.8) is 0 Å². The zero-order valence-electron chi connectivity index (χ0n) is 9.77. The summed E-state index contributed by atoms with van der Waals surface area (Å²) in [5.74, 6) is 0.642. The molecule has 0 aliphatic heterocycles. The van der Waals surface area contributed by atoms with Crippen LogP contribution in [0.2, 0.25) is 0 Å². The summed E-state index contributed by atoms with van der Waals surface area (Å²) in [7, 11) is 0. The van der Waals surface area contributed by atoms with E-state index >= 15 is 0 Å². The van der Waals surface area contributed by atoms with Gasteiger partial charge in [-0.1, -0.05) is 0 Å². The second kappa shape index (κ2) is 6.78. The molecule has 0 radical (unpaired) electrons. The quantitative estimate of drug-likeness (QED) is 0.591. The second-order valence-electron chi connectivity index (χ2n) is 3.64. The van der Waals surface area contributed by atoms with Crippen LogP contribution in [0.5, 0.6) is 0 Å². The molecule has 0 bridgehead atoms. The molecule has 3 N–H and O–H groups in total. The molecule has 3 nitrogen and oxygen atoms in total. The summed E-state index contributed by atoms with van der Waals surface area (Å²) in [6.45, 7) is 4.94. The van der Waals surface area contributed by atoms with Crippen LogP contribution < -0.4 is 5.73 Å². The molecular weight excluding hydrogens is 222 g/mol. The molecule has 0 fully saturated rings. The molecule has 0 saturated carbocycles. The number of nitrogen functional groups attached to an aromatic ring is 1. The topological polar surface area (TPSA) is 55.5 Å². The van der Waals surface area contributed by atoms with Gasteiger partial charge in [0.15, 0.2) is 0 Å². The number of aliphatic hydroxyl groups excluding tert-OH is 1. The molecular formula is C12H19NO2S. The Morgan fingerprint density at radius 1 is 1.50 bits per heavy atom. The number of anilines is 1. The highest BCUT2D eigenvalue weighted by atomic mass is 32.2. The lowest BCUT2D eigenvalue weighted by molar-refractivity contribution is 0.0551. The number of aliphatic hydroxyl groups is 1. The van der Waals surface area contributed by atoms with Crippen LogP contribution >= 0.6 is 11.8 Å². The number of hydrogen-bond acceptors (Lipinski definition) is 4. The maximum Gasteiger partial charge on any atom is 0.0867 e. The van der Waals surface area contributed by atoms with Gasteiger partial charge in [0, 0.05) is 22.9 Å². The van der Waals surface area contributed by atoms with Crippen LogP contribution in [0.25, 0.3) is 0 Å². The Morgan fingerprint density at radius 3 is 2.88 bits per heavy atom. The number of hydrogen-bond donors (Lipinski definition) is 2. The fourth-order valence-corrected chi connectivity index (χ4v) is 2.14. The van der Waals surface area contributed by atoms with Gasteiger partial charge in [0.1, 0.15) is 0 Å². The maximum absolute atomic E-state index is 9.59. The van der Waals surface area contributed by atoms with E-state index in [1.807, 2.05) is 32.0 Å². The van der Waals surface area contributed by atoms with Crippen LogP contribution in [0.15, 0.2) is 23.1 Å². The fraction of sp³-hybridized carbons (Fsp3) is 0.500. The van der Waals surface area contributed by atoms with Crippen molar-refractivity contribution in [3.05, 3.63) is 23.8 Å². The monoisotopic (exact) mass is 241 g/mol. The summed E-state index contributed by atoms with van der Waals surface area (Å²) >= 11 is 1.62. The number of rotatable bonds is 6. The minimum absolute atomic E-state index is 0.400. The predicted molar refractivity (Wildman–Crippen MR) is 68.8 cm³/mol. The largest absolute Gasteiger partial charge is 0.399 e. The zero-order valence-corrected chi connectivity index (χ0v) is 10.6. The standard InChI is InChI=1S/C12H19NO2S/c1-3-15-7-10(14)8-16-11-4-5-12(13)9(2)6-11/h4-6,10,14H,3,7-8,13H2,1-2H3. The Morgan fingerprint density at radius 2 is 2.25 bits per heavy atom. The Labute approximate surface area is 101 Å². The first kappa shape index (κ1) is 13.4. The average molecular weight is 241 g/mol. The van der Waals surface area contributed by atoms with Crippen LogP contribution in [0.3, 0.4) is 0 Å². The molecule has 90 valence electrons. The van der Waals surface area contributed by atoms with E-state index in [0.717, 1.165) is 16.1 Å². The van der Waals surface area contributed by atoms with Gasteiger partial charge >= 0.3 is 0 Å². The lowest BCUT2D eigenvalue weighted by Gasteiger charge is -2.10. The van der Waals surface area contributed by atoms with Crippen molar-refractivity contribution >= 4 is 17.4 Å². The van der Waals surface area contributed by atoms with Crippen LogP contribution in [0, 0.1) is 6.92 Å². The molecule has 1 unspecified atom stereocenters. The molecule has 1 atom stereocenters. The van der Waals surface area contributed by atoms with E-state index in [4.69, 9.17) is 10.5 Å². The normalized spacial score (nSPS) is 12.7. The molecule has 0 saturated heterocycles. The van der Waals surface area contributed by atoms with Crippen molar-refractivity contribution in [1.82, 2.24) is 0 Å². The second-order valence-corrected chi connectivity index (χ2v) is 4.74. The van der Waals surface area contributed by atoms with E-state index in [9.17, 15) is 5.11 Å². The molecule has 0 spiro atoms. The molecule has 0 aliphatic carbocycles. The van der Waals surface area contributed by atoms with E-state index in [2.05, 4.69) is 0 Å². The molecule has 0 aromatic heterocycles. The minimum Gasteiger partial charge on any atom is -0.399 e. The first-order valence-electron chi connectivity index (χ1n) is 5.38. The van der Waals surface area contributed by atoms with Gasteiger partial charge in [-0.3, -0.25) is 0 Å². The number of thioether (sulfide) groups is 1. The van der Waals surface area contributed by atoms with Crippen molar-refractivity contribution < 1.29 is 9.84 Å². The predicted octanol–water partition coefficient (Wildman–Crippen LogP) is 2.07. The highest BCUT2D eigenvalue weighted by molar-refractivity contribution is 7.99. The van der Waals surface area contributed by atoms with E-state index in [-0.39, 0.29) is 0 Å². The van der Waals surface area contributed by atoms with Crippen LogP contribution in [-0.2, 0) is 4.74 Å². The van der Waals surface area contributed by atoms with Gasteiger partial charge < -0.3 is 15.6 Å². The van der Waals surface area contributed by atoms with Crippen LogP contribution in [0.4, 0.5) is 5.69 Å². The third kappa shape index (κ3) is 4.43. The SMILES string of the molecule is CCOCC(O)CSc1ccc(N)c(C)c1. The lowest BCUT2D eigenvalue weighted by Crippen LogP contribution is -2.17. The molecule has 16 heavy (non-hydrogen) atoms. The summed E-state index contributed by atoms with van der Waals surface area (Å²) in [5, 5.41) is 9.59. The molecule has 1 rings (SSSR count). The summed E-state index contributed by atoms with van der Waals surface area (Å²) < 4.78 is 5.14. The molecule has 1 aromatic carbocycles. The van der Waals surface area contributed by atoms with Crippen molar-refractivity contribution in [3.8, 4) is 0 Å². The molecule has 0 amide bonds. The first-order valence-corrected chi connectivity index (χ1v) is 6.36. The van der Waals surface area contributed by atoms with E-state index in [1.165, 1.54) is 0 Å². The molecule has 1 aromatic rings. The fourth-order valence-electron chi connectivity index (χ4n) is 1.23. The van der Waals surface area contributed by atoms with Crippen molar-refractivity contribution in [2.75, 3.05) is 24.7 Å². The number of ether oxygens (including phenoxy) is 1. The average Bonchev–Trinajstić information content (AvgIpc) is 2.28. The Bertz CT molecular complexity index is 331. The van der Waals surface area contributed by atoms with Gasteiger partial charge in [-0.05, 0) is 37.6 Å². The number of aryl methyl sites for hydroxylation is 1. The number of nitrogens with two attached hydrogens (primary N) is 1. The summed E-state index contributed by atoms with van der Waals surface area (Å²) in [6, 6.07) is 5.90. The molecule has 0 heterocycles. The Hall–Kier alpha value is -0.710. The highest BCUT2D eigenvalue weighted by Gasteiger charge is 2.05. The van der Waals surface area contributed by atoms with Crippen molar-refractivity contribution in [2.24, 2.45) is 0 Å². The van der Waals surface area contributed by atoms with E-state index < -0.39 is 6.10 Å². The Balaban J connectivity index is 2.39. The van der Waals surface area contributed by atoms with Crippen molar-refractivity contribution in [2.45, 2.75) is 24.8 Å². The Kier molecular flexibility index (Phi) is 5.66. The maximum atomic E-state index is 9.59. The van der Waals surface area contributed by atoms with E-state index in [1.54, 1.807) is 11.8 Å². The molecule has 4 heteroatoms. The van der Waals surface area contributed by atoms with Gasteiger partial charge in [0.05, 0.1) is 12.7 Å².